The lowest BCUT2D eigenvalue weighted by atomic mass is 10.2. The Morgan fingerprint density at radius 2 is 2.06 bits per heavy atom. The number of aryl methyl sites for hydroxylation is 1. The average Bonchev–Trinajstić information content (AvgIpc) is 2.31. The van der Waals surface area contributed by atoms with Gasteiger partial charge in [0.1, 0.15) is 5.56 Å². The molecule has 88 valence electrons. The molecule has 2 rings (SSSR count). The van der Waals surface area contributed by atoms with E-state index >= 15 is 0 Å². The van der Waals surface area contributed by atoms with Gasteiger partial charge in [0.2, 0.25) is 5.69 Å². The van der Waals surface area contributed by atoms with Crippen LogP contribution in [0.25, 0.3) is 11.3 Å². The Hall–Kier alpha value is -2.37. The Morgan fingerprint density at radius 1 is 1.35 bits per heavy atom. The van der Waals surface area contributed by atoms with Gasteiger partial charge >= 0.3 is 5.69 Å². The summed E-state index contributed by atoms with van der Waals surface area (Å²) >= 11 is 0. The first-order chi connectivity index (χ1) is 8.02. The maximum Gasteiger partial charge on any atom is 0.328 e. The Kier molecular flexibility index (Phi) is 2.55. The van der Waals surface area contributed by atoms with Crippen LogP contribution in [0.2, 0.25) is 0 Å². The van der Waals surface area contributed by atoms with E-state index in [1.165, 1.54) is 19.3 Å². The molecule has 0 radical (unpaired) electrons. The highest BCUT2D eigenvalue weighted by molar-refractivity contribution is 5.53. The number of nitrogens with one attached hydrogen (secondary N) is 1. The smallest absolute Gasteiger partial charge is 0.328 e. The maximum atomic E-state index is 11.8. The van der Waals surface area contributed by atoms with Crippen LogP contribution in [-0.2, 0) is 7.05 Å². The number of hydrogen-bond acceptors (Lipinski definition) is 3. The van der Waals surface area contributed by atoms with Gasteiger partial charge in [-0.2, -0.15) is 4.73 Å². The van der Waals surface area contributed by atoms with Crippen molar-refractivity contribution in [2.24, 2.45) is 7.05 Å². The molecule has 0 saturated carbocycles. The Labute approximate surface area is 96.4 Å². The Bertz CT molecular complexity index is 685. The fourth-order valence-corrected chi connectivity index (χ4v) is 1.55. The van der Waals surface area contributed by atoms with E-state index in [2.05, 4.69) is 4.98 Å². The molecule has 2 aromatic rings. The van der Waals surface area contributed by atoms with Gasteiger partial charge in [-0.25, -0.2) is 4.79 Å². The topological polar surface area (TPSA) is 81.8 Å². The Morgan fingerprint density at radius 3 is 2.76 bits per heavy atom. The summed E-state index contributed by atoms with van der Waals surface area (Å²) < 4.78 is 1.59. The number of nitrogens with zero attached hydrogens (tertiary/aromatic N) is 2. The number of H-pyrrole nitrogens is 1. The van der Waals surface area contributed by atoms with E-state index in [1.54, 1.807) is 19.1 Å². The Balaban J connectivity index is 2.79. The summed E-state index contributed by atoms with van der Waals surface area (Å²) in [5, 5.41) is 11.8. The fourth-order valence-electron chi connectivity index (χ4n) is 1.55. The summed E-state index contributed by atoms with van der Waals surface area (Å²) in [5.74, 6) is 0. The number of hydrogen-bond donors (Lipinski definition) is 1. The van der Waals surface area contributed by atoms with Crippen molar-refractivity contribution in [1.82, 2.24) is 9.55 Å². The van der Waals surface area contributed by atoms with Crippen LogP contribution < -0.4 is 16.0 Å². The van der Waals surface area contributed by atoms with E-state index in [9.17, 15) is 14.8 Å². The standard InChI is InChI=1S/C11H11N3O3/c1-7-4-3-5-9(14(7)17)8-6-12-11(16)13(2)10(8)15/h3-6H,1-2H3,(H,12,16). The van der Waals surface area contributed by atoms with Crippen LogP contribution >= 0.6 is 0 Å². The van der Waals surface area contributed by atoms with Crippen molar-refractivity contribution in [3.8, 4) is 11.3 Å². The summed E-state index contributed by atoms with van der Waals surface area (Å²) in [6.45, 7) is 1.65. The third kappa shape index (κ3) is 1.73. The predicted molar refractivity (Wildman–Crippen MR) is 61.4 cm³/mol. The van der Waals surface area contributed by atoms with E-state index in [-0.39, 0.29) is 11.3 Å². The third-order valence-corrected chi connectivity index (χ3v) is 2.59. The van der Waals surface area contributed by atoms with Crippen molar-refractivity contribution in [2.75, 3.05) is 0 Å². The second kappa shape index (κ2) is 3.89. The minimum Gasteiger partial charge on any atom is -0.618 e. The van der Waals surface area contributed by atoms with Crippen molar-refractivity contribution >= 4 is 0 Å². The van der Waals surface area contributed by atoms with Crippen LogP contribution in [-0.4, -0.2) is 9.55 Å². The van der Waals surface area contributed by atoms with Gasteiger partial charge in [0, 0.05) is 32.3 Å². The highest BCUT2D eigenvalue weighted by atomic mass is 16.5. The molecule has 0 aliphatic rings. The predicted octanol–water partition coefficient (Wildman–Crippen LogP) is -0.318. The molecule has 2 heterocycles. The molecule has 0 aliphatic carbocycles. The van der Waals surface area contributed by atoms with Crippen molar-refractivity contribution < 1.29 is 4.73 Å². The SMILES string of the molecule is Cc1cccc(-c2c[nH]c(=O)n(C)c2=O)[n+]1[O-]. The molecule has 6 heteroatoms. The van der Waals surface area contributed by atoms with Crippen molar-refractivity contribution in [2.45, 2.75) is 6.92 Å². The van der Waals surface area contributed by atoms with Gasteiger partial charge in [-0.15, -0.1) is 0 Å². The summed E-state index contributed by atoms with van der Waals surface area (Å²) in [6, 6.07) is 4.87. The molecular formula is C11H11N3O3. The molecule has 0 atom stereocenters. The van der Waals surface area contributed by atoms with Crippen molar-refractivity contribution in [3.63, 3.8) is 0 Å². The molecule has 0 saturated heterocycles. The first-order valence-electron chi connectivity index (χ1n) is 5.00. The second-order valence-electron chi connectivity index (χ2n) is 3.72. The van der Waals surface area contributed by atoms with Crippen LogP contribution in [0, 0.1) is 12.1 Å². The quantitative estimate of drug-likeness (QED) is 0.541. The van der Waals surface area contributed by atoms with Crippen LogP contribution in [0.1, 0.15) is 5.69 Å². The average molecular weight is 233 g/mol. The minimum atomic E-state index is -0.510. The first-order valence-corrected chi connectivity index (χ1v) is 5.00. The first kappa shape index (κ1) is 11.1. The van der Waals surface area contributed by atoms with Gasteiger partial charge in [0.15, 0.2) is 5.69 Å². The number of rotatable bonds is 1. The van der Waals surface area contributed by atoms with E-state index < -0.39 is 11.2 Å². The lowest BCUT2D eigenvalue weighted by molar-refractivity contribution is -0.600. The molecule has 6 nitrogen and oxygen atoms in total. The highest BCUT2D eigenvalue weighted by Crippen LogP contribution is 2.08. The van der Waals surface area contributed by atoms with Crippen LogP contribution in [0.15, 0.2) is 34.0 Å². The van der Waals surface area contributed by atoms with E-state index in [4.69, 9.17) is 0 Å². The molecule has 0 unspecified atom stereocenters. The minimum absolute atomic E-state index is 0.172. The number of aromatic amines is 1. The number of aromatic nitrogens is 3. The molecule has 0 aliphatic heterocycles. The van der Waals surface area contributed by atoms with Crippen molar-refractivity contribution in [1.29, 1.82) is 0 Å². The van der Waals surface area contributed by atoms with Gasteiger partial charge < -0.3 is 10.2 Å². The van der Waals surface area contributed by atoms with Crippen LogP contribution in [0.3, 0.4) is 0 Å². The van der Waals surface area contributed by atoms with Crippen molar-refractivity contribution in [3.05, 3.63) is 56.1 Å². The van der Waals surface area contributed by atoms with E-state index in [0.717, 1.165) is 4.57 Å². The van der Waals surface area contributed by atoms with Gasteiger partial charge in [0.05, 0.1) is 0 Å². The van der Waals surface area contributed by atoms with Gasteiger partial charge in [-0.3, -0.25) is 9.36 Å². The summed E-state index contributed by atoms with van der Waals surface area (Å²) in [6.07, 6.45) is 1.26. The second-order valence-corrected chi connectivity index (χ2v) is 3.72. The molecule has 0 aromatic carbocycles. The number of pyridine rings is 1. The molecule has 17 heavy (non-hydrogen) atoms. The van der Waals surface area contributed by atoms with E-state index in [1.807, 2.05) is 0 Å². The van der Waals surface area contributed by atoms with Crippen LogP contribution in [0.5, 0.6) is 0 Å². The molecule has 0 amide bonds. The molecule has 0 spiro atoms. The van der Waals surface area contributed by atoms with Crippen LogP contribution in [0.4, 0.5) is 0 Å². The molecule has 2 aromatic heterocycles. The maximum absolute atomic E-state index is 11.8. The zero-order valence-electron chi connectivity index (χ0n) is 9.43. The summed E-state index contributed by atoms with van der Waals surface area (Å²) in [5.41, 5.74) is -0.129. The fraction of sp³-hybridized carbons (Fsp3) is 0.182. The normalized spacial score (nSPS) is 10.5. The van der Waals surface area contributed by atoms with E-state index in [0.29, 0.717) is 10.4 Å². The summed E-state index contributed by atoms with van der Waals surface area (Å²) in [4.78, 5) is 25.5. The molecule has 0 fully saturated rings. The lowest BCUT2D eigenvalue weighted by Crippen LogP contribution is -2.38. The molecular weight excluding hydrogens is 222 g/mol. The third-order valence-electron chi connectivity index (χ3n) is 2.59. The van der Waals surface area contributed by atoms with Gasteiger partial charge in [0.25, 0.3) is 5.56 Å². The zero-order chi connectivity index (χ0) is 12.6. The molecule has 0 bridgehead atoms. The summed E-state index contributed by atoms with van der Waals surface area (Å²) in [7, 11) is 1.36. The van der Waals surface area contributed by atoms with Gasteiger partial charge in [-0.05, 0) is 6.07 Å². The monoisotopic (exact) mass is 233 g/mol. The van der Waals surface area contributed by atoms with Gasteiger partial charge in [-0.1, -0.05) is 0 Å². The largest absolute Gasteiger partial charge is 0.618 e. The molecule has 1 N–H and O–H groups in total. The lowest BCUT2D eigenvalue weighted by Gasteiger charge is -2.06. The zero-order valence-corrected chi connectivity index (χ0v) is 9.43. The highest BCUT2D eigenvalue weighted by Gasteiger charge is 2.15.